The SMILES string of the molecule is COC(C)(C)CC(CN)N1CCCC1C(C)C. The lowest BCUT2D eigenvalue weighted by molar-refractivity contribution is -0.0119. The lowest BCUT2D eigenvalue weighted by Gasteiger charge is -2.38. The molecule has 0 aromatic heterocycles. The van der Waals surface area contributed by atoms with Gasteiger partial charge in [-0.05, 0) is 45.6 Å². The van der Waals surface area contributed by atoms with Gasteiger partial charge in [-0.3, -0.25) is 4.90 Å². The van der Waals surface area contributed by atoms with Crippen LogP contribution in [0.4, 0.5) is 0 Å². The Morgan fingerprint density at radius 3 is 2.53 bits per heavy atom. The molecule has 2 unspecified atom stereocenters. The average Bonchev–Trinajstić information content (AvgIpc) is 2.75. The number of ether oxygens (including phenoxy) is 1. The summed E-state index contributed by atoms with van der Waals surface area (Å²) in [7, 11) is 1.79. The van der Waals surface area contributed by atoms with Crippen LogP contribution in [-0.2, 0) is 4.74 Å². The third kappa shape index (κ3) is 3.94. The van der Waals surface area contributed by atoms with E-state index in [0.29, 0.717) is 12.1 Å². The van der Waals surface area contributed by atoms with E-state index in [2.05, 4.69) is 32.6 Å². The van der Waals surface area contributed by atoms with Crippen molar-refractivity contribution in [1.29, 1.82) is 0 Å². The predicted octanol–water partition coefficient (Wildman–Crippen LogP) is 2.25. The molecule has 0 bridgehead atoms. The van der Waals surface area contributed by atoms with Gasteiger partial charge in [0.1, 0.15) is 0 Å². The van der Waals surface area contributed by atoms with Crippen LogP contribution in [-0.4, -0.2) is 42.8 Å². The molecule has 17 heavy (non-hydrogen) atoms. The van der Waals surface area contributed by atoms with Crippen LogP contribution in [0.1, 0.15) is 47.0 Å². The molecule has 0 saturated carbocycles. The molecule has 1 saturated heterocycles. The summed E-state index contributed by atoms with van der Waals surface area (Å²) in [6.07, 6.45) is 3.65. The van der Waals surface area contributed by atoms with Gasteiger partial charge in [-0.15, -0.1) is 0 Å². The van der Waals surface area contributed by atoms with Crippen molar-refractivity contribution in [2.75, 3.05) is 20.2 Å². The number of hydrogen-bond donors (Lipinski definition) is 1. The molecule has 3 heteroatoms. The zero-order chi connectivity index (χ0) is 13.1. The summed E-state index contributed by atoms with van der Waals surface area (Å²) in [6, 6.07) is 1.16. The van der Waals surface area contributed by atoms with Crippen molar-refractivity contribution in [2.45, 2.75) is 64.6 Å². The molecule has 0 aromatic rings. The lowest BCUT2D eigenvalue weighted by Crippen LogP contribution is -2.48. The van der Waals surface area contributed by atoms with Crippen molar-refractivity contribution in [1.82, 2.24) is 4.90 Å². The van der Waals surface area contributed by atoms with Crippen LogP contribution >= 0.6 is 0 Å². The van der Waals surface area contributed by atoms with Gasteiger partial charge in [0.15, 0.2) is 0 Å². The maximum atomic E-state index is 5.98. The molecule has 1 heterocycles. The number of nitrogens with two attached hydrogens (primary N) is 1. The number of methoxy groups -OCH3 is 1. The summed E-state index contributed by atoms with van der Waals surface area (Å²) in [5, 5.41) is 0. The van der Waals surface area contributed by atoms with Gasteiger partial charge in [-0.25, -0.2) is 0 Å². The Kier molecular flexibility index (Phi) is 5.42. The summed E-state index contributed by atoms with van der Waals surface area (Å²) in [5.41, 5.74) is 5.90. The van der Waals surface area contributed by atoms with Crippen LogP contribution in [0.25, 0.3) is 0 Å². The molecule has 1 rings (SSSR count). The van der Waals surface area contributed by atoms with E-state index in [-0.39, 0.29) is 5.60 Å². The Labute approximate surface area is 107 Å². The molecule has 2 atom stereocenters. The first-order chi connectivity index (χ1) is 7.91. The second kappa shape index (κ2) is 6.17. The minimum atomic E-state index is -0.0752. The Morgan fingerprint density at radius 2 is 2.06 bits per heavy atom. The smallest absolute Gasteiger partial charge is 0.0638 e. The van der Waals surface area contributed by atoms with Crippen LogP contribution in [0.3, 0.4) is 0 Å². The van der Waals surface area contributed by atoms with Crippen LogP contribution in [0, 0.1) is 5.92 Å². The third-order valence-electron chi connectivity index (χ3n) is 4.13. The van der Waals surface area contributed by atoms with Crippen molar-refractivity contribution < 1.29 is 4.74 Å². The van der Waals surface area contributed by atoms with E-state index in [1.54, 1.807) is 7.11 Å². The van der Waals surface area contributed by atoms with Crippen molar-refractivity contribution in [2.24, 2.45) is 11.7 Å². The summed E-state index contributed by atoms with van der Waals surface area (Å²) in [5.74, 6) is 0.720. The Hall–Kier alpha value is -0.120. The highest BCUT2D eigenvalue weighted by atomic mass is 16.5. The maximum absolute atomic E-state index is 5.98. The zero-order valence-electron chi connectivity index (χ0n) is 12.2. The molecule has 0 aromatic carbocycles. The van der Waals surface area contributed by atoms with E-state index in [4.69, 9.17) is 10.5 Å². The first-order valence-electron chi connectivity index (χ1n) is 6.92. The molecule has 0 aliphatic carbocycles. The highest BCUT2D eigenvalue weighted by molar-refractivity contribution is 4.90. The molecule has 3 nitrogen and oxygen atoms in total. The molecule has 2 N–H and O–H groups in total. The van der Waals surface area contributed by atoms with Gasteiger partial charge in [-0.1, -0.05) is 13.8 Å². The second-order valence-electron chi connectivity index (χ2n) is 6.25. The highest BCUT2D eigenvalue weighted by Gasteiger charge is 2.34. The Morgan fingerprint density at radius 1 is 1.41 bits per heavy atom. The van der Waals surface area contributed by atoms with Gasteiger partial charge < -0.3 is 10.5 Å². The van der Waals surface area contributed by atoms with E-state index in [1.165, 1.54) is 19.4 Å². The number of rotatable bonds is 6. The maximum Gasteiger partial charge on any atom is 0.0638 e. The van der Waals surface area contributed by atoms with Gasteiger partial charge in [0.05, 0.1) is 5.60 Å². The quantitative estimate of drug-likeness (QED) is 0.776. The van der Waals surface area contributed by atoms with E-state index in [9.17, 15) is 0 Å². The number of likely N-dealkylation sites (tertiary alicyclic amines) is 1. The van der Waals surface area contributed by atoms with Gasteiger partial charge >= 0.3 is 0 Å². The molecular formula is C14H30N2O. The Balaban J connectivity index is 2.66. The Bertz CT molecular complexity index is 228. The lowest BCUT2D eigenvalue weighted by atomic mass is 9.95. The molecule has 1 aliphatic heterocycles. The zero-order valence-corrected chi connectivity index (χ0v) is 12.2. The third-order valence-corrected chi connectivity index (χ3v) is 4.13. The fourth-order valence-corrected chi connectivity index (χ4v) is 2.97. The van der Waals surface area contributed by atoms with E-state index >= 15 is 0 Å². The first kappa shape index (κ1) is 14.9. The normalized spacial score (nSPS) is 24.5. The summed E-state index contributed by atoms with van der Waals surface area (Å²) >= 11 is 0. The fraction of sp³-hybridized carbons (Fsp3) is 1.00. The van der Waals surface area contributed by atoms with Gasteiger partial charge in [0.25, 0.3) is 0 Å². The van der Waals surface area contributed by atoms with Crippen LogP contribution in [0.5, 0.6) is 0 Å². The van der Waals surface area contributed by atoms with Crippen LogP contribution in [0.2, 0.25) is 0 Å². The van der Waals surface area contributed by atoms with E-state index in [1.807, 2.05) is 0 Å². The number of nitrogens with zero attached hydrogens (tertiary/aromatic N) is 1. The molecule has 1 fully saturated rings. The van der Waals surface area contributed by atoms with Crippen molar-refractivity contribution in [3.63, 3.8) is 0 Å². The summed E-state index contributed by atoms with van der Waals surface area (Å²) < 4.78 is 5.54. The monoisotopic (exact) mass is 242 g/mol. The molecule has 0 spiro atoms. The first-order valence-corrected chi connectivity index (χ1v) is 6.92. The van der Waals surface area contributed by atoms with Gasteiger partial charge in [0, 0.05) is 25.7 Å². The van der Waals surface area contributed by atoms with E-state index in [0.717, 1.165) is 18.9 Å². The number of hydrogen-bond acceptors (Lipinski definition) is 3. The molecule has 1 aliphatic rings. The standard InChI is InChI=1S/C14H30N2O/c1-11(2)13-7-6-8-16(13)12(10-15)9-14(3,4)17-5/h11-13H,6-10,15H2,1-5H3. The summed E-state index contributed by atoms with van der Waals surface area (Å²) in [6.45, 7) is 10.9. The van der Waals surface area contributed by atoms with Crippen LogP contribution in [0.15, 0.2) is 0 Å². The summed E-state index contributed by atoms with van der Waals surface area (Å²) in [4.78, 5) is 2.62. The van der Waals surface area contributed by atoms with Crippen molar-refractivity contribution in [3.05, 3.63) is 0 Å². The topological polar surface area (TPSA) is 38.5 Å². The molecule has 0 amide bonds. The average molecular weight is 242 g/mol. The predicted molar refractivity (Wildman–Crippen MR) is 73.1 cm³/mol. The van der Waals surface area contributed by atoms with Crippen molar-refractivity contribution >= 4 is 0 Å². The fourth-order valence-electron chi connectivity index (χ4n) is 2.97. The van der Waals surface area contributed by atoms with Gasteiger partial charge in [-0.2, -0.15) is 0 Å². The molecule has 0 radical (unpaired) electrons. The van der Waals surface area contributed by atoms with Gasteiger partial charge in [0.2, 0.25) is 0 Å². The highest BCUT2D eigenvalue weighted by Crippen LogP contribution is 2.29. The van der Waals surface area contributed by atoms with Crippen molar-refractivity contribution in [3.8, 4) is 0 Å². The second-order valence-corrected chi connectivity index (χ2v) is 6.25. The molecular weight excluding hydrogens is 212 g/mol. The largest absolute Gasteiger partial charge is 0.379 e. The minimum absolute atomic E-state index is 0.0752. The van der Waals surface area contributed by atoms with Crippen LogP contribution < -0.4 is 5.73 Å². The minimum Gasteiger partial charge on any atom is -0.379 e. The van der Waals surface area contributed by atoms with E-state index < -0.39 is 0 Å². The molecule has 102 valence electrons.